The Hall–Kier alpha value is -2.56. The van der Waals surface area contributed by atoms with Gasteiger partial charge in [0.25, 0.3) is 0 Å². The van der Waals surface area contributed by atoms with Crippen molar-refractivity contribution in [1.29, 1.82) is 0 Å². The third kappa shape index (κ3) is 3.98. The van der Waals surface area contributed by atoms with Gasteiger partial charge in [-0.15, -0.1) is 0 Å². The van der Waals surface area contributed by atoms with E-state index in [0.717, 1.165) is 12.1 Å². The van der Waals surface area contributed by atoms with E-state index in [-0.39, 0.29) is 48.0 Å². The van der Waals surface area contributed by atoms with Gasteiger partial charge in [0.05, 0.1) is 17.7 Å². The number of nitrogens with zero attached hydrogens (tertiary/aromatic N) is 2. The van der Waals surface area contributed by atoms with Crippen LogP contribution >= 0.6 is 0 Å². The number of ether oxygens (including phenoxy) is 2. The Morgan fingerprint density at radius 1 is 1.19 bits per heavy atom. The molecule has 32 heavy (non-hydrogen) atoms. The van der Waals surface area contributed by atoms with E-state index in [1.54, 1.807) is 9.80 Å². The summed E-state index contributed by atoms with van der Waals surface area (Å²) in [5.74, 6) is -1.30. The number of rotatable bonds is 2. The molecule has 3 amide bonds. The number of hydrogen-bond acceptors (Lipinski definition) is 4. The third-order valence-electron chi connectivity index (χ3n) is 6.74. The Morgan fingerprint density at radius 2 is 1.94 bits per heavy atom. The molecule has 1 aromatic rings. The molecule has 174 valence electrons. The summed E-state index contributed by atoms with van der Waals surface area (Å²) in [6.45, 7) is 2.13. The van der Waals surface area contributed by atoms with Crippen molar-refractivity contribution in [3.05, 3.63) is 29.6 Å². The molecular weight excluding hydrogens is 434 g/mol. The van der Waals surface area contributed by atoms with Crippen LogP contribution in [0.2, 0.25) is 0 Å². The molecule has 4 aliphatic rings. The Labute approximate surface area is 181 Å². The van der Waals surface area contributed by atoms with Crippen LogP contribution in [0.5, 0.6) is 5.75 Å². The number of likely N-dealkylation sites (tertiary alicyclic amines) is 2. The van der Waals surface area contributed by atoms with Crippen molar-refractivity contribution in [2.45, 2.75) is 43.7 Å². The van der Waals surface area contributed by atoms with Crippen molar-refractivity contribution in [1.82, 2.24) is 15.1 Å². The topological polar surface area (TPSA) is 71.1 Å². The van der Waals surface area contributed by atoms with Gasteiger partial charge in [0.15, 0.2) is 0 Å². The number of carbonyl (C=O) groups excluding carboxylic acids is 2. The minimum atomic E-state index is -4.64. The highest BCUT2D eigenvalue weighted by atomic mass is 19.4. The van der Waals surface area contributed by atoms with E-state index in [0.29, 0.717) is 51.5 Å². The van der Waals surface area contributed by atoms with Crippen molar-refractivity contribution in [2.75, 3.05) is 32.8 Å². The van der Waals surface area contributed by atoms with Gasteiger partial charge < -0.3 is 24.6 Å². The highest BCUT2D eigenvalue weighted by Gasteiger charge is 2.55. The van der Waals surface area contributed by atoms with Crippen molar-refractivity contribution >= 4 is 11.9 Å². The zero-order chi connectivity index (χ0) is 22.7. The highest BCUT2D eigenvalue weighted by Crippen LogP contribution is 2.50. The molecule has 5 rings (SSSR count). The van der Waals surface area contributed by atoms with Crippen LogP contribution in [0.1, 0.15) is 24.8 Å². The first-order valence-electron chi connectivity index (χ1n) is 10.6. The molecule has 1 N–H and O–H groups in total. The monoisotopic (exact) mass is 457 g/mol. The van der Waals surface area contributed by atoms with Gasteiger partial charge in [-0.25, -0.2) is 9.18 Å². The predicted octanol–water partition coefficient (Wildman–Crippen LogP) is 2.40. The summed E-state index contributed by atoms with van der Waals surface area (Å²) in [5.41, 5.74) is -1.17. The maximum atomic E-state index is 13.5. The summed E-state index contributed by atoms with van der Waals surface area (Å²) in [4.78, 5) is 27.8. The first-order chi connectivity index (χ1) is 15.1. The second-order valence-electron chi connectivity index (χ2n) is 9.22. The summed E-state index contributed by atoms with van der Waals surface area (Å²) in [6, 6.07) is 1.92. The third-order valence-corrected chi connectivity index (χ3v) is 6.74. The lowest BCUT2D eigenvalue weighted by molar-refractivity contribution is -0.140. The predicted molar refractivity (Wildman–Crippen MR) is 102 cm³/mol. The van der Waals surface area contributed by atoms with Crippen LogP contribution in [0.3, 0.4) is 0 Å². The van der Waals surface area contributed by atoms with Gasteiger partial charge in [-0.2, -0.15) is 13.2 Å². The molecule has 3 heterocycles. The van der Waals surface area contributed by atoms with E-state index in [1.807, 2.05) is 0 Å². The van der Waals surface area contributed by atoms with Crippen LogP contribution in [0.15, 0.2) is 18.2 Å². The average Bonchev–Trinajstić information content (AvgIpc) is 2.66. The van der Waals surface area contributed by atoms with Gasteiger partial charge in [0.1, 0.15) is 24.3 Å². The molecule has 0 radical (unpaired) electrons. The molecule has 0 unspecified atom stereocenters. The van der Waals surface area contributed by atoms with Crippen LogP contribution in [-0.2, 0) is 15.7 Å². The zero-order valence-corrected chi connectivity index (χ0v) is 17.2. The number of fused-ring (bicyclic) bond motifs is 1. The van der Waals surface area contributed by atoms with Gasteiger partial charge in [0.2, 0.25) is 5.91 Å². The smallest absolute Gasteiger partial charge is 0.416 e. The maximum Gasteiger partial charge on any atom is 0.416 e. The van der Waals surface area contributed by atoms with E-state index in [2.05, 4.69) is 5.32 Å². The lowest BCUT2D eigenvalue weighted by atomic mass is 9.62. The van der Waals surface area contributed by atoms with E-state index in [1.165, 1.54) is 0 Å². The Balaban J connectivity index is 1.11. The quantitative estimate of drug-likeness (QED) is 0.693. The zero-order valence-electron chi connectivity index (χ0n) is 17.2. The number of benzene rings is 1. The largest absolute Gasteiger partial charge is 0.490 e. The van der Waals surface area contributed by atoms with E-state index in [9.17, 15) is 27.2 Å². The number of morpholine rings is 1. The minimum Gasteiger partial charge on any atom is -0.490 e. The summed E-state index contributed by atoms with van der Waals surface area (Å²) < 4.78 is 63.2. The molecule has 0 aromatic heterocycles. The fourth-order valence-corrected chi connectivity index (χ4v) is 5.21. The molecular formula is C21H23F4N3O4. The van der Waals surface area contributed by atoms with Crippen LogP contribution in [0, 0.1) is 11.2 Å². The molecule has 3 saturated heterocycles. The summed E-state index contributed by atoms with van der Waals surface area (Å²) in [7, 11) is 0. The number of halogens is 4. The van der Waals surface area contributed by atoms with Crippen LogP contribution in [0.4, 0.5) is 22.4 Å². The fourth-order valence-electron chi connectivity index (χ4n) is 5.21. The molecule has 1 saturated carbocycles. The van der Waals surface area contributed by atoms with Crippen molar-refractivity contribution < 1.29 is 36.6 Å². The highest BCUT2D eigenvalue weighted by molar-refractivity contribution is 5.79. The molecule has 1 aromatic carbocycles. The number of amides is 3. The molecule has 3 aliphatic heterocycles. The lowest BCUT2D eigenvalue weighted by Crippen LogP contribution is -2.69. The Kier molecular flexibility index (Phi) is 4.99. The molecule has 4 fully saturated rings. The fraction of sp³-hybridized carbons (Fsp3) is 0.619. The summed E-state index contributed by atoms with van der Waals surface area (Å²) in [6.07, 6.45) is -3.15. The minimum absolute atomic E-state index is 0.0557. The van der Waals surface area contributed by atoms with Crippen molar-refractivity contribution in [3.63, 3.8) is 0 Å². The second-order valence-corrected chi connectivity index (χ2v) is 9.22. The lowest BCUT2D eigenvalue weighted by Gasteiger charge is -2.59. The molecule has 11 heteroatoms. The number of hydrogen-bond donors (Lipinski definition) is 1. The number of urea groups is 1. The summed E-state index contributed by atoms with van der Waals surface area (Å²) in [5, 5.41) is 2.87. The summed E-state index contributed by atoms with van der Waals surface area (Å²) >= 11 is 0. The molecule has 0 bridgehead atoms. The van der Waals surface area contributed by atoms with Gasteiger partial charge in [0, 0.05) is 37.7 Å². The first kappa shape index (κ1) is 21.3. The Bertz CT molecular complexity index is 926. The molecule has 2 atom stereocenters. The SMILES string of the molecule is O=C1CO[C@H]2CCN(C(=O)N3CC4(CC(Oc5cc(F)cc(C(F)(F)F)c5)C4)C3)C[C@H]2N1. The van der Waals surface area contributed by atoms with Crippen molar-refractivity contribution in [3.8, 4) is 5.75 Å². The van der Waals surface area contributed by atoms with E-state index >= 15 is 0 Å². The standard InChI is InChI=1S/C21H23F4N3O4/c22-13-3-12(21(23,24)25)4-14(5-13)32-15-6-20(7-15)10-28(11-20)19(30)27-2-1-17-16(8-27)26-18(29)9-31-17/h3-5,15-17H,1-2,6-11H2,(H,26,29)/t16-,17+/m1/s1. The Morgan fingerprint density at radius 3 is 2.66 bits per heavy atom. The van der Waals surface area contributed by atoms with E-state index in [4.69, 9.17) is 9.47 Å². The van der Waals surface area contributed by atoms with Crippen LogP contribution in [-0.4, -0.2) is 72.8 Å². The van der Waals surface area contributed by atoms with Crippen LogP contribution < -0.4 is 10.1 Å². The molecule has 1 spiro atoms. The van der Waals surface area contributed by atoms with Gasteiger partial charge in [-0.3, -0.25) is 4.79 Å². The van der Waals surface area contributed by atoms with E-state index < -0.39 is 17.6 Å². The number of piperidine rings is 1. The molecule has 1 aliphatic carbocycles. The van der Waals surface area contributed by atoms with Gasteiger partial charge in [-0.05, 0) is 31.4 Å². The van der Waals surface area contributed by atoms with Gasteiger partial charge >= 0.3 is 12.2 Å². The van der Waals surface area contributed by atoms with Crippen LogP contribution in [0.25, 0.3) is 0 Å². The average molecular weight is 457 g/mol. The normalized spacial score (nSPS) is 27.3. The van der Waals surface area contributed by atoms with Crippen molar-refractivity contribution in [2.24, 2.45) is 5.41 Å². The number of alkyl halides is 3. The maximum absolute atomic E-state index is 13.5. The first-order valence-corrected chi connectivity index (χ1v) is 10.6. The number of nitrogens with one attached hydrogen (secondary N) is 1. The second kappa shape index (κ2) is 7.50. The number of carbonyl (C=O) groups is 2. The van der Waals surface area contributed by atoms with Gasteiger partial charge in [-0.1, -0.05) is 0 Å². The molecule has 7 nitrogen and oxygen atoms in total.